The van der Waals surface area contributed by atoms with Crippen molar-refractivity contribution in [3.05, 3.63) is 59.2 Å². The average molecular weight is 343 g/mol. The topological polar surface area (TPSA) is 56.8 Å². The average Bonchev–Trinajstić information content (AvgIpc) is 2.61. The number of amides is 1. The minimum Gasteiger partial charge on any atom is -0.496 e. The lowest BCUT2D eigenvalue weighted by atomic mass is 10.1. The van der Waals surface area contributed by atoms with Gasteiger partial charge in [0, 0.05) is 24.3 Å². The lowest BCUT2D eigenvalue weighted by molar-refractivity contribution is 0.0905. The number of methoxy groups -OCH3 is 2. The molecule has 1 N–H and O–H groups in total. The molecule has 0 heterocycles. The molecule has 2 aromatic carbocycles. The van der Waals surface area contributed by atoms with Crippen molar-refractivity contribution in [2.24, 2.45) is 0 Å². The highest BCUT2D eigenvalue weighted by atomic mass is 16.5. The van der Waals surface area contributed by atoms with Crippen molar-refractivity contribution in [2.75, 3.05) is 20.8 Å². The van der Waals surface area contributed by atoms with Crippen LogP contribution in [0.2, 0.25) is 0 Å². The fourth-order valence-corrected chi connectivity index (χ4v) is 2.43. The molecular weight excluding hydrogens is 318 g/mol. The summed E-state index contributed by atoms with van der Waals surface area (Å²) in [5, 5.41) is 2.90. The first-order chi connectivity index (χ1) is 12.0. The van der Waals surface area contributed by atoms with E-state index in [1.807, 2.05) is 38.1 Å². The van der Waals surface area contributed by atoms with Crippen molar-refractivity contribution in [2.45, 2.75) is 26.5 Å². The molecule has 0 aliphatic rings. The van der Waals surface area contributed by atoms with Crippen LogP contribution in [0.3, 0.4) is 0 Å². The van der Waals surface area contributed by atoms with Crippen LogP contribution < -0.4 is 14.8 Å². The van der Waals surface area contributed by atoms with E-state index in [1.54, 1.807) is 32.4 Å². The minimum absolute atomic E-state index is 0.0631. The van der Waals surface area contributed by atoms with Gasteiger partial charge in [0.2, 0.25) is 0 Å². The maximum atomic E-state index is 12.3. The van der Waals surface area contributed by atoms with Crippen LogP contribution in [0.4, 0.5) is 0 Å². The third kappa shape index (κ3) is 5.50. The number of hydrogen-bond donors (Lipinski definition) is 1. The summed E-state index contributed by atoms with van der Waals surface area (Å²) >= 11 is 0. The van der Waals surface area contributed by atoms with Gasteiger partial charge in [-0.25, -0.2) is 0 Å². The first-order valence-electron chi connectivity index (χ1n) is 8.19. The van der Waals surface area contributed by atoms with Gasteiger partial charge in [0.15, 0.2) is 0 Å². The van der Waals surface area contributed by atoms with Crippen LogP contribution in [0.5, 0.6) is 11.5 Å². The lowest BCUT2D eigenvalue weighted by Crippen LogP contribution is -2.35. The van der Waals surface area contributed by atoms with Gasteiger partial charge in [-0.2, -0.15) is 0 Å². The van der Waals surface area contributed by atoms with E-state index in [0.29, 0.717) is 24.5 Å². The monoisotopic (exact) mass is 343 g/mol. The largest absolute Gasteiger partial charge is 0.496 e. The summed E-state index contributed by atoms with van der Waals surface area (Å²) < 4.78 is 16.2. The van der Waals surface area contributed by atoms with Gasteiger partial charge in [-0.05, 0) is 44.2 Å². The maximum absolute atomic E-state index is 12.3. The third-order valence-electron chi connectivity index (χ3n) is 3.75. The molecule has 0 saturated carbocycles. The summed E-state index contributed by atoms with van der Waals surface area (Å²) in [7, 11) is 3.21. The number of carbonyl (C=O) groups excluding carboxylic acids is 1. The zero-order valence-electron chi connectivity index (χ0n) is 15.2. The zero-order chi connectivity index (χ0) is 18.2. The molecule has 5 heteroatoms. The van der Waals surface area contributed by atoms with Gasteiger partial charge in [0.1, 0.15) is 18.1 Å². The quantitative estimate of drug-likeness (QED) is 0.799. The minimum atomic E-state index is -0.149. The Morgan fingerprint density at radius 1 is 1.12 bits per heavy atom. The molecule has 0 bridgehead atoms. The van der Waals surface area contributed by atoms with Crippen LogP contribution in [0.25, 0.3) is 0 Å². The summed E-state index contributed by atoms with van der Waals surface area (Å²) in [6, 6.07) is 13.1. The normalized spacial score (nSPS) is 11.7. The number of carbonyl (C=O) groups is 1. The lowest BCUT2D eigenvalue weighted by Gasteiger charge is -2.15. The first-order valence-corrected chi connectivity index (χ1v) is 8.19. The molecule has 0 aliphatic heterocycles. The standard InChI is InChI=1S/C20H25NO4/c1-14-5-8-18(9-6-14)25-13-17-11-16(7-10-19(17)24-4)20(22)21-15(2)12-23-3/h5-11,15H,12-13H2,1-4H3,(H,21,22)/t15-/m1/s1. The molecule has 0 aromatic heterocycles. The molecular formula is C20H25NO4. The SMILES string of the molecule is COC[C@@H](C)NC(=O)c1ccc(OC)c(COc2ccc(C)cc2)c1. The Morgan fingerprint density at radius 2 is 1.84 bits per heavy atom. The molecule has 0 spiro atoms. The second-order valence-electron chi connectivity index (χ2n) is 5.96. The van der Waals surface area contributed by atoms with E-state index in [0.717, 1.165) is 11.3 Å². The van der Waals surface area contributed by atoms with E-state index in [2.05, 4.69) is 5.32 Å². The first kappa shape index (κ1) is 18.8. The Morgan fingerprint density at radius 3 is 2.48 bits per heavy atom. The summed E-state index contributed by atoms with van der Waals surface area (Å²) in [6.45, 7) is 4.71. The molecule has 1 amide bonds. The van der Waals surface area contributed by atoms with E-state index >= 15 is 0 Å². The van der Waals surface area contributed by atoms with Gasteiger partial charge in [-0.3, -0.25) is 4.79 Å². The third-order valence-corrected chi connectivity index (χ3v) is 3.75. The molecule has 0 fully saturated rings. The maximum Gasteiger partial charge on any atom is 0.251 e. The van der Waals surface area contributed by atoms with Crippen LogP contribution >= 0.6 is 0 Å². The summed E-state index contributed by atoms with van der Waals surface area (Å²) in [6.07, 6.45) is 0. The highest BCUT2D eigenvalue weighted by Crippen LogP contribution is 2.22. The van der Waals surface area contributed by atoms with Crippen molar-refractivity contribution in [3.63, 3.8) is 0 Å². The number of nitrogens with one attached hydrogen (secondary N) is 1. The van der Waals surface area contributed by atoms with Crippen LogP contribution in [0.1, 0.15) is 28.4 Å². The van der Waals surface area contributed by atoms with Crippen LogP contribution in [0.15, 0.2) is 42.5 Å². The number of rotatable bonds is 8. The highest BCUT2D eigenvalue weighted by molar-refractivity contribution is 5.94. The Kier molecular flexibility index (Phi) is 6.83. The van der Waals surface area contributed by atoms with Gasteiger partial charge in [0.05, 0.1) is 13.7 Å². The van der Waals surface area contributed by atoms with Crippen molar-refractivity contribution in [1.82, 2.24) is 5.32 Å². The van der Waals surface area contributed by atoms with Gasteiger partial charge in [-0.15, -0.1) is 0 Å². The van der Waals surface area contributed by atoms with Crippen LogP contribution in [0, 0.1) is 6.92 Å². The van der Waals surface area contributed by atoms with Crippen molar-refractivity contribution in [1.29, 1.82) is 0 Å². The fraction of sp³-hybridized carbons (Fsp3) is 0.350. The number of aryl methyl sites for hydroxylation is 1. The van der Waals surface area contributed by atoms with Crippen LogP contribution in [-0.4, -0.2) is 32.8 Å². The second-order valence-corrected chi connectivity index (χ2v) is 5.96. The highest BCUT2D eigenvalue weighted by Gasteiger charge is 2.13. The molecule has 1 atom stereocenters. The van der Waals surface area contributed by atoms with Gasteiger partial charge in [0.25, 0.3) is 5.91 Å². The van der Waals surface area contributed by atoms with E-state index in [-0.39, 0.29) is 11.9 Å². The number of benzene rings is 2. The van der Waals surface area contributed by atoms with Gasteiger partial charge < -0.3 is 19.5 Å². The Labute approximate surface area is 148 Å². The predicted octanol–water partition coefficient (Wildman–Crippen LogP) is 3.35. The summed E-state index contributed by atoms with van der Waals surface area (Å²) in [4.78, 5) is 12.3. The molecule has 5 nitrogen and oxygen atoms in total. The smallest absolute Gasteiger partial charge is 0.251 e. The van der Waals surface area contributed by atoms with Gasteiger partial charge in [-0.1, -0.05) is 17.7 Å². The number of ether oxygens (including phenoxy) is 3. The molecule has 2 aromatic rings. The van der Waals surface area contributed by atoms with Crippen molar-refractivity contribution < 1.29 is 19.0 Å². The molecule has 0 radical (unpaired) electrons. The van der Waals surface area contributed by atoms with E-state index in [1.165, 1.54) is 5.56 Å². The van der Waals surface area contributed by atoms with Gasteiger partial charge >= 0.3 is 0 Å². The molecule has 0 unspecified atom stereocenters. The van der Waals surface area contributed by atoms with Crippen molar-refractivity contribution in [3.8, 4) is 11.5 Å². The Balaban J connectivity index is 2.10. The molecule has 134 valence electrons. The molecule has 0 aliphatic carbocycles. The van der Waals surface area contributed by atoms with E-state index < -0.39 is 0 Å². The predicted molar refractivity (Wildman–Crippen MR) is 97.3 cm³/mol. The van der Waals surface area contributed by atoms with E-state index in [4.69, 9.17) is 14.2 Å². The van der Waals surface area contributed by atoms with E-state index in [9.17, 15) is 4.79 Å². The molecule has 0 saturated heterocycles. The second kappa shape index (κ2) is 9.08. The van der Waals surface area contributed by atoms with Crippen molar-refractivity contribution >= 4 is 5.91 Å². The number of hydrogen-bond acceptors (Lipinski definition) is 4. The Bertz CT molecular complexity index is 697. The Hall–Kier alpha value is -2.53. The summed E-state index contributed by atoms with van der Waals surface area (Å²) in [5.41, 5.74) is 2.55. The summed E-state index contributed by atoms with van der Waals surface area (Å²) in [5.74, 6) is 1.31. The van der Waals surface area contributed by atoms with Crippen LogP contribution in [-0.2, 0) is 11.3 Å². The fourth-order valence-electron chi connectivity index (χ4n) is 2.43. The molecule has 2 rings (SSSR count). The zero-order valence-corrected chi connectivity index (χ0v) is 15.2. The molecule has 25 heavy (non-hydrogen) atoms.